The van der Waals surface area contributed by atoms with E-state index in [1.165, 1.54) is 4.31 Å². The molecule has 2 aromatic rings. The molecule has 0 N–H and O–H groups in total. The van der Waals surface area contributed by atoms with Crippen molar-refractivity contribution in [1.29, 1.82) is 0 Å². The van der Waals surface area contributed by atoms with Crippen molar-refractivity contribution in [3.8, 4) is 0 Å². The number of ketones is 1. The lowest BCUT2D eigenvalue weighted by Crippen LogP contribution is -2.40. The molecule has 1 fully saturated rings. The molecule has 27 heavy (non-hydrogen) atoms. The number of piperidine rings is 1. The van der Waals surface area contributed by atoms with Crippen molar-refractivity contribution in [2.45, 2.75) is 51.3 Å². The topological polar surface area (TPSA) is 67.3 Å². The fourth-order valence-corrected chi connectivity index (χ4v) is 6.04. The van der Waals surface area contributed by atoms with Gasteiger partial charge in [0.25, 0.3) is 0 Å². The van der Waals surface area contributed by atoms with Crippen LogP contribution < -0.4 is 0 Å². The van der Waals surface area contributed by atoms with E-state index in [4.69, 9.17) is 0 Å². The summed E-state index contributed by atoms with van der Waals surface area (Å²) < 4.78 is 27.4. The van der Waals surface area contributed by atoms with Gasteiger partial charge in [-0.25, -0.2) is 13.4 Å². The Bertz CT molecular complexity index is 906. The maximum Gasteiger partial charge on any atom is 0.243 e. The molecule has 0 radical (unpaired) electrons. The monoisotopic (exact) mass is 406 g/mol. The van der Waals surface area contributed by atoms with Crippen LogP contribution in [-0.4, -0.2) is 36.6 Å². The molecule has 0 atom stereocenters. The van der Waals surface area contributed by atoms with Gasteiger partial charge in [0.15, 0.2) is 0 Å². The number of carbonyl (C=O) groups is 1. The van der Waals surface area contributed by atoms with Crippen LogP contribution in [0.2, 0.25) is 0 Å². The normalized spacial score (nSPS) is 16.6. The molecule has 7 heteroatoms. The second-order valence-electron chi connectivity index (χ2n) is 7.35. The van der Waals surface area contributed by atoms with Gasteiger partial charge in [-0.1, -0.05) is 6.07 Å². The first-order chi connectivity index (χ1) is 12.8. The van der Waals surface area contributed by atoms with Gasteiger partial charge in [0, 0.05) is 42.9 Å². The van der Waals surface area contributed by atoms with E-state index in [1.807, 2.05) is 32.2 Å². The van der Waals surface area contributed by atoms with E-state index in [0.29, 0.717) is 43.7 Å². The summed E-state index contributed by atoms with van der Waals surface area (Å²) in [5.41, 5.74) is 2.87. The summed E-state index contributed by atoms with van der Waals surface area (Å²) in [4.78, 5) is 17.3. The number of carbonyl (C=O) groups excluding carboxylic acids is 1. The lowest BCUT2D eigenvalue weighted by molar-refractivity contribution is -0.123. The van der Waals surface area contributed by atoms with E-state index < -0.39 is 10.0 Å². The van der Waals surface area contributed by atoms with E-state index in [9.17, 15) is 13.2 Å². The van der Waals surface area contributed by atoms with Crippen molar-refractivity contribution in [3.63, 3.8) is 0 Å². The molecule has 0 unspecified atom stereocenters. The molecule has 1 saturated heterocycles. The lowest BCUT2D eigenvalue weighted by atomic mass is 9.91. The van der Waals surface area contributed by atoms with Crippen molar-refractivity contribution in [2.24, 2.45) is 5.92 Å². The van der Waals surface area contributed by atoms with Gasteiger partial charge in [-0.3, -0.25) is 4.79 Å². The number of benzene rings is 1. The standard InChI is InChI=1S/C20H26N2O3S2/c1-14-10-15(2)12-18(11-14)27(24,25)22-8-6-17(7-9-22)19(23)4-5-20-21-16(3)13-26-20/h10-13,17H,4-9H2,1-3H3. The van der Waals surface area contributed by atoms with Crippen LogP contribution in [-0.2, 0) is 21.2 Å². The summed E-state index contributed by atoms with van der Waals surface area (Å²) in [6, 6.07) is 5.40. The van der Waals surface area contributed by atoms with Gasteiger partial charge in [0.05, 0.1) is 9.90 Å². The van der Waals surface area contributed by atoms with Gasteiger partial charge in [0.1, 0.15) is 5.78 Å². The highest BCUT2D eigenvalue weighted by Crippen LogP contribution is 2.26. The SMILES string of the molecule is Cc1cc(C)cc(S(=O)(=O)N2CCC(C(=O)CCc3nc(C)cs3)CC2)c1. The molecule has 1 aliphatic rings. The van der Waals surface area contributed by atoms with Crippen LogP contribution in [0.5, 0.6) is 0 Å². The molecule has 0 aliphatic carbocycles. The molecule has 0 spiro atoms. The zero-order chi connectivity index (χ0) is 19.6. The maximum atomic E-state index is 12.9. The molecule has 0 saturated carbocycles. The first kappa shape index (κ1) is 20.2. The third-order valence-electron chi connectivity index (χ3n) is 4.99. The molecule has 5 nitrogen and oxygen atoms in total. The van der Waals surface area contributed by atoms with E-state index in [0.717, 1.165) is 21.8 Å². The molecular formula is C20H26N2O3S2. The first-order valence-corrected chi connectivity index (χ1v) is 11.6. The summed E-state index contributed by atoms with van der Waals surface area (Å²) in [7, 11) is -3.49. The van der Waals surface area contributed by atoms with Gasteiger partial charge in [0.2, 0.25) is 10.0 Å². The molecule has 1 aliphatic heterocycles. The Hall–Kier alpha value is -1.57. The van der Waals surface area contributed by atoms with E-state index in [1.54, 1.807) is 23.5 Å². The Balaban J connectivity index is 1.58. The van der Waals surface area contributed by atoms with Gasteiger partial charge >= 0.3 is 0 Å². The van der Waals surface area contributed by atoms with Crippen molar-refractivity contribution in [2.75, 3.05) is 13.1 Å². The number of aromatic nitrogens is 1. The van der Waals surface area contributed by atoms with Crippen molar-refractivity contribution in [1.82, 2.24) is 9.29 Å². The Morgan fingerprint density at radius 2 is 1.78 bits per heavy atom. The average Bonchev–Trinajstić information content (AvgIpc) is 3.04. The second-order valence-corrected chi connectivity index (χ2v) is 10.2. The van der Waals surface area contributed by atoms with Crippen LogP contribution in [0.3, 0.4) is 0 Å². The molecule has 2 heterocycles. The highest BCUT2D eigenvalue weighted by Gasteiger charge is 2.32. The Kier molecular flexibility index (Phi) is 6.13. The molecule has 0 bridgehead atoms. The van der Waals surface area contributed by atoms with Gasteiger partial charge in [-0.15, -0.1) is 11.3 Å². The Morgan fingerprint density at radius 1 is 1.15 bits per heavy atom. The number of rotatable bonds is 6. The smallest absolute Gasteiger partial charge is 0.243 e. The van der Waals surface area contributed by atoms with Gasteiger partial charge in [-0.05, 0) is 56.9 Å². The minimum Gasteiger partial charge on any atom is -0.299 e. The van der Waals surface area contributed by atoms with Crippen LogP contribution in [0.4, 0.5) is 0 Å². The average molecular weight is 407 g/mol. The molecule has 1 aromatic carbocycles. The largest absolute Gasteiger partial charge is 0.299 e. The van der Waals surface area contributed by atoms with E-state index in [-0.39, 0.29) is 11.7 Å². The third kappa shape index (κ3) is 4.83. The fourth-order valence-electron chi connectivity index (χ4n) is 3.60. The highest BCUT2D eigenvalue weighted by atomic mass is 32.2. The lowest BCUT2D eigenvalue weighted by Gasteiger charge is -2.30. The number of hydrogen-bond acceptors (Lipinski definition) is 5. The van der Waals surface area contributed by atoms with Crippen LogP contribution in [0.1, 0.15) is 41.1 Å². The van der Waals surface area contributed by atoms with Crippen molar-refractivity contribution >= 4 is 27.1 Å². The number of hydrogen-bond donors (Lipinski definition) is 0. The molecule has 1 aromatic heterocycles. The predicted molar refractivity (Wildman–Crippen MR) is 108 cm³/mol. The molecule has 146 valence electrons. The van der Waals surface area contributed by atoms with Crippen molar-refractivity contribution < 1.29 is 13.2 Å². The third-order valence-corrected chi connectivity index (χ3v) is 7.90. The number of sulfonamides is 1. The molecular weight excluding hydrogens is 380 g/mol. The van der Waals surface area contributed by atoms with Crippen LogP contribution in [0.25, 0.3) is 0 Å². The summed E-state index contributed by atoms with van der Waals surface area (Å²) in [6.07, 6.45) is 2.36. The van der Waals surface area contributed by atoms with Crippen LogP contribution in [0.15, 0.2) is 28.5 Å². The van der Waals surface area contributed by atoms with Gasteiger partial charge < -0.3 is 0 Å². The summed E-state index contributed by atoms with van der Waals surface area (Å²) in [5.74, 6) is 0.183. The minimum absolute atomic E-state index is 0.0447. The molecule has 0 amide bonds. The first-order valence-electron chi connectivity index (χ1n) is 9.28. The highest BCUT2D eigenvalue weighted by molar-refractivity contribution is 7.89. The fraction of sp³-hybridized carbons (Fsp3) is 0.500. The number of aryl methyl sites for hydroxylation is 4. The minimum atomic E-state index is -3.49. The van der Waals surface area contributed by atoms with E-state index >= 15 is 0 Å². The number of nitrogens with zero attached hydrogens (tertiary/aromatic N) is 2. The molecule has 3 rings (SSSR count). The Morgan fingerprint density at radius 3 is 2.33 bits per heavy atom. The zero-order valence-corrected chi connectivity index (χ0v) is 17.7. The predicted octanol–water partition coefficient (Wildman–Crippen LogP) is 3.67. The maximum absolute atomic E-state index is 12.9. The van der Waals surface area contributed by atoms with Gasteiger partial charge in [-0.2, -0.15) is 4.31 Å². The second kappa shape index (κ2) is 8.20. The van der Waals surface area contributed by atoms with Crippen LogP contribution in [0, 0.1) is 26.7 Å². The van der Waals surface area contributed by atoms with E-state index in [2.05, 4.69) is 4.98 Å². The Labute approximate surface area is 165 Å². The van der Waals surface area contributed by atoms with Crippen LogP contribution >= 0.6 is 11.3 Å². The summed E-state index contributed by atoms with van der Waals surface area (Å²) >= 11 is 1.59. The number of Topliss-reactive ketones (excluding diaryl/α,β-unsaturated/α-hetero) is 1. The quantitative estimate of drug-likeness (QED) is 0.734. The summed E-state index contributed by atoms with van der Waals surface area (Å²) in [6.45, 7) is 6.57. The van der Waals surface area contributed by atoms with Crippen molar-refractivity contribution in [3.05, 3.63) is 45.4 Å². The zero-order valence-electron chi connectivity index (χ0n) is 16.1. The number of thiazole rings is 1. The summed E-state index contributed by atoms with van der Waals surface area (Å²) in [5, 5.41) is 2.99.